The summed E-state index contributed by atoms with van der Waals surface area (Å²) in [7, 11) is 0. The smallest absolute Gasteiger partial charge is 0.141 e. The van der Waals surface area contributed by atoms with Crippen LogP contribution >= 0.6 is 43.5 Å². The topological polar surface area (TPSA) is 59.1 Å². The maximum atomic E-state index is 7.61. The first-order valence-corrected chi connectivity index (χ1v) is 7.21. The zero-order valence-electron chi connectivity index (χ0n) is 9.58. The van der Waals surface area contributed by atoms with Crippen LogP contribution in [0.5, 0.6) is 11.5 Å². The van der Waals surface area contributed by atoms with E-state index in [1.165, 1.54) is 0 Å². The predicted molar refractivity (Wildman–Crippen MR) is 84.4 cm³/mol. The van der Waals surface area contributed by atoms with Gasteiger partial charge in [0.15, 0.2) is 0 Å². The number of rotatable bonds is 3. The van der Waals surface area contributed by atoms with Gasteiger partial charge in [-0.05, 0) is 62.2 Å². The van der Waals surface area contributed by atoms with Crippen LogP contribution in [0.25, 0.3) is 0 Å². The highest BCUT2D eigenvalue weighted by atomic mass is 79.9. The minimum Gasteiger partial charge on any atom is -0.455 e. The molecule has 0 fully saturated rings. The second-order valence-electron chi connectivity index (χ2n) is 3.70. The molecule has 0 radical (unpaired) electrons. The maximum absolute atomic E-state index is 7.61. The van der Waals surface area contributed by atoms with Crippen LogP contribution in [0.1, 0.15) is 5.56 Å². The van der Waals surface area contributed by atoms with Crippen molar-refractivity contribution < 1.29 is 4.74 Å². The summed E-state index contributed by atoms with van der Waals surface area (Å²) in [6.45, 7) is 0. The molecule has 98 valence electrons. The lowest BCUT2D eigenvalue weighted by Gasteiger charge is -2.13. The van der Waals surface area contributed by atoms with Crippen LogP contribution in [-0.4, -0.2) is 5.84 Å². The van der Waals surface area contributed by atoms with Gasteiger partial charge in [-0.15, -0.1) is 0 Å². The van der Waals surface area contributed by atoms with Crippen molar-refractivity contribution in [3.63, 3.8) is 0 Å². The number of nitrogens with one attached hydrogen (secondary N) is 1. The van der Waals surface area contributed by atoms with E-state index in [9.17, 15) is 0 Å². The summed E-state index contributed by atoms with van der Waals surface area (Å²) < 4.78 is 7.22. The molecule has 0 amide bonds. The normalized spacial score (nSPS) is 10.3. The molecule has 0 aliphatic carbocycles. The fourth-order valence-electron chi connectivity index (χ4n) is 1.53. The van der Waals surface area contributed by atoms with E-state index in [1.807, 2.05) is 6.07 Å². The number of hydrogen-bond acceptors (Lipinski definition) is 2. The Kier molecular flexibility index (Phi) is 4.50. The van der Waals surface area contributed by atoms with Crippen molar-refractivity contribution in [3.05, 3.63) is 55.9 Å². The van der Waals surface area contributed by atoms with Crippen molar-refractivity contribution in [1.29, 1.82) is 5.41 Å². The lowest BCUT2D eigenvalue weighted by atomic mass is 10.2. The van der Waals surface area contributed by atoms with Crippen molar-refractivity contribution in [2.45, 2.75) is 0 Å². The fraction of sp³-hybridized carbons (Fsp3) is 0. The second-order valence-corrected chi connectivity index (χ2v) is 5.85. The number of ether oxygens (including phenoxy) is 1. The van der Waals surface area contributed by atoms with E-state index in [0.29, 0.717) is 26.6 Å². The fourth-order valence-corrected chi connectivity index (χ4v) is 2.85. The van der Waals surface area contributed by atoms with E-state index in [2.05, 4.69) is 31.9 Å². The molecule has 2 aromatic carbocycles. The number of nitrogen functional groups attached to an aromatic ring is 1. The largest absolute Gasteiger partial charge is 0.455 e. The molecule has 0 aliphatic heterocycles. The molecule has 0 atom stereocenters. The zero-order valence-corrected chi connectivity index (χ0v) is 13.5. The first-order chi connectivity index (χ1) is 8.99. The van der Waals surface area contributed by atoms with Gasteiger partial charge in [0.25, 0.3) is 0 Å². The maximum Gasteiger partial charge on any atom is 0.141 e. The van der Waals surface area contributed by atoms with E-state index in [4.69, 9.17) is 27.5 Å². The molecule has 2 rings (SSSR count). The van der Waals surface area contributed by atoms with E-state index in [1.54, 1.807) is 30.3 Å². The van der Waals surface area contributed by atoms with Crippen molar-refractivity contribution in [2.24, 2.45) is 5.73 Å². The van der Waals surface area contributed by atoms with Gasteiger partial charge in [-0.1, -0.05) is 17.7 Å². The summed E-state index contributed by atoms with van der Waals surface area (Å²) in [5, 5.41) is 8.22. The van der Waals surface area contributed by atoms with Crippen LogP contribution in [0, 0.1) is 5.41 Å². The zero-order chi connectivity index (χ0) is 14.0. The van der Waals surface area contributed by atoms with Crippen LogP contribution < -0.4 is 10.5 Å². The Balaban J connectivity index is 2.44. The SMILES string of the molecule is N=C(N)c1c(Br)cccc1Oc1ccc(Cl)cc1Br. The molecule has 19 heavy (non-hydrogen) atoms. The van der Waals surface area contributed by atoms with Gasteiger partial charge >= 0.3 is 0 Å². The number of amidine groups is 1. The Morgan fingerprint density at radius 1 is 1.11 bits per heavy atom. The Morgan fingerprint density at radius 3 is 2.47 bits per heavy atom. The summed E-state index contributed by atoms with van der Waals surface area (Å²) in [6, 6.07) is 10.6. The predicted octanol–water partition coefficient (Wildman–Crippen LogP) is 4.94. The molecule has 2 aromatic rings. The van der Waals surface area contributed by atoms with Gasteiger partial charge < -0.3 is 10.5 Å². The van der Waals surface area contributed by atoms with Crippen molar-refractivity contribution in [2.75, 3.05) is 0 Å². The lowest BCUT2D eigenvalue weighted by molar-refractivity contribution is 0.478. The molecule has 3 nitrogen and oxygen atoms in total. The summed E-state index contributed by atoms with van der Waals surface area (Å²) >= 11 is 12.6. The van der Waals surface area contributed by atoms with Gasteiger partial charge in [0.05, 0.1) is 10.0 Å². The van der Waals surface area contributed by atoms with Crippen molar-refractivity contribution in [1.82, 2.24) is 0 Å². The van der Waals surface area contributed by atoms with Gasteiger partial charge in [0.1, 0.15) is 17.3 Å². The Morgan fingerprint density at radius 2 is 1.84 bits per heavy atom. The van der Waals surface area contributed by atoms with Gasteiger partial charge in [-0.3, -0.25) is 5.41 Å². The minimum atomic E-state index is -0.0624. The lowest BCUT2D eigenvalue weighted by Crippen LogP contribution is -2.13. The van der Waals surface area contributed by atoms with Gasteiger partial charge in [0, 0.05) is 9.50 Å². The average molecular weight is 404 g/mol. The number of halogens is 3. The van der Waals surface area contributed by atoms with E-state index in [-0.39, 0.29) is 5.84 Å². The first-order valence-electron chi connectivity index (χ1n) is 5.25. The first kappa shape index (κ1) is 14.4. The third-order valence-corrected chi connectivity index (χ3v) is 3.87. The molecule has 0 saturated heterocycles. The van der Waals surface area contributed by atoms with Crippen LogP contribution in [0.2, 0.25) is 5.02 Å². The third-order valence-electron chi connectivity index (χ3n) is 2.36. The molecule has 0 spiro atoms. The quantitative estimate of drug-likeness (QED) is 0.562. The third kappa shape index (κ3) is 3.29. The van der Waals surface area contributed by atoms with E-state index in [0.717, 1.165) is 4.47 Å². The second kappa shape index (κ2) is 5.94. The minimum absolute atomic E-state index is 0.0624. The Bertz CT molecular complexity index is 647. The molecule has 0 aliphatic rings. The summed E-state index contributed by atoms with van der Waals surface area (Å²) in [5.41, 5.74) is 6.09. The number of hydrogen-bond donors (Lipinski definition) is 2. The standard InChI is InChI=1S/C13H9Br2ClN2O/c14-8-2-1-3-11(12(8)13(17)18)19-10-5-4-7(16)6-9(10)15/h1-6H,(H3,17,18). The molecular weight excluding hydrogens is 395 g/mol. The molecule has 0 bridgehead atoms. The molecular formula is C13H9Br2ClN2O. The van der Waals surface area contributed by atoms with Crippen molar-refractivity contribution >= 4 is 49.3 Å². The van der Waals surface area contributed by atoms with Gasteiger partial charge in [0.2, 0.25) is 0 Å². The average Bonchev–Trinajstić information content (AvgIpc) is 2.32. The van der Waals surface area contributed by atoms with Gasteiger partial charge in [-0.25, -0.2) is 0 Å². The summed E-state index contributed by atoms with van der Waals surface area (Å²) in [4.78, 5) is 0. The van der Waals surface area contributed by atoms with Crippen LogP contribution in [0.4, 0.5) is 0 Å². The van der Waals surface area contributed by atoms with Crippen molar-refractivity contribution in [3.8, 4) is 11.5 Å². The number of benzene rings is 2. The summed E-state index contributed by atoms with van der Waals surface area (Å²) in [6.07, 6.45) is 0. The molecule has 0 saturated carbocycles. The van der Waals surface area contributed by atoms with Crippen LogP contribution in [-0.2, 0) is 0 Å². The van der Waals surface area contributed by atoms with Gasteiger partial charge in [-0.2, -0.15) is 0 Å². The Labute approximate surface area is 132 Å². The molecule has 0 unspecified atom stereocenters. The number of nitrogens with two attached hydrogens (primary N) is 1. The highest BCUT2D eigenvalue weighted by Gasteiger charge is 2.13. The van der Waals surface area contributed by atoms with E-state index < -0.39 is 0 Å². The monoisotopic (exact) mass is 402 g/mol. The highest BCUT2D eigenvalue weighted by Crippen LogP contribution is 2.35. The van der Waals surface area contributed by atoms with E-state index >= 15 is 0 Å². The molecule has 6 heteroatoms. The van der Waals surface area contributed by atoms with Crippen LogP contribution in [0.3, 0.4) is 0 Å². The van der Waals surface area contributed by atoms with Crippen LogP contribution in [0.15, 0.2) is 45.3 Å². The molecule has 0 aromatic heterocycles. The molecule has 0 heterocycles. The summed E-state index contributed by atoms with van der Waals surface area (Å²) in [5.74, 6) is 1.04. The molecule has 3 N–H and O–H groups in total. The highest BCUT2D eigenvalue weighted by molar-refractivity contribution is 9.10. The Hall–Kier alpha value is -1.04.